The highest BCUT2D eigenvalue weighted by molar-refractivity contribution is 5.91. The third-order valence-corrected chi connectivity index (χ3v) is 4.85. The normalized spacial score (nSPS) is 10.5. The number of allylic oxidation sites excluding steroid dienone is 3. The molecular weight excluding hydrogens is 452 g/mol. The Bertz CT molecular complexity index is 1280. The first kappa shape index (κ1) is 26.8. The Morgan fingerprint density at radius 2 is 1.71 bits per heavy atom. The maximum absolute atomic E-state index is 13.0. The quantitative estimate of drug-likeness (QED) is 0.283. The van der Waals surface area contributed by atoms with Gasteiger partial charge in [0.2, 0.25) is 0 Å². The number of aromatic hydroxyl groups is 1. The van der Waals surface area contributed by atoms with E-state index in [1.54, 1.807) is 50.5 Å². The molecule has 0 atom stereocenters. The first-order valence-electron chi connectivity index (χ1n) is 10.6. The number of phenols is 1. The second kappa shape index (κ2) is 12.7. The number of hydrogen-bond donors (Lipinski definition) is 3. The summed E-state index contributed by atoms with van der Waals surface area (Å²) >= 11 is 0. The minimum Gasteiger partial charge on any atom is -0.516 e. The van der Waals surface area contributed by atoms with E-state index in [1.807, 2.05) is 0 Å². The number of aliphatic carboxylic acids is 1. The van der Waals surface area contributed by atoms with Gasteiger partial charge in [-0.1, -0.05) is 18.2 Å². The van der Waals surface area contributed by atoms with Crippen molar-refractivity contribution in [1.82, 2.24) is 0 Å². The summed E-state index contributed by atoms with van der Waals surface area (Å²) in [6.07, 6.45) is 6.06. The van der Waals surface area contributed by atoms with Gasteiger partial charge in [0, 0.05) is 22.8 Å². The molecule has 3 aromatic rings. The van der Waals surface area contributed by atoms with E-state index in [0.29, 0.717) is 16.9 Å². The van der Waals surface area contributed by atoms with Crippen LogP contribution in [0.15, 0.2) is 77.2 Å². The van der Waals surface area contributed by atoms with Gasteiger partial charge in [-0.2, -0.15) is 0 Å². The summed E-state index contributed by atoms with van der Waals surface area (Å²) in [4.78, 5) is 24.1. The topological polar surface area (TPSA) is 126 Å². The second-order valence-electron chi connectivity index (χ2n) is 7.19. The average molecular weight is 481 g/mol. The summed E-state index contributed by atoms with van der Waals surface area (Å²) in [7, 11) is 1.55. The first-order valence-corrected chi connectivity index (χ1v) is 10.6. The fourth-order valence-corrected chi connectivity index (χ4v) is 3.34. The number of carbonyl (C=O) groups is 1. The Morgan fingerprint density at radius 1 is 1.11 bits per heavy atom. The Kier molecular flexibility index (Phi) is 9.71. The van der Waals surface area contributed by atoms with Crippen molar-refractivity contribution in [2.24, 2.45) is 0 Å². The molecule has 0 radical (unpaired) electrons. The predicted octanol–water partition coefficient (Wildman–Crippen LogP) is 5.17. The molecule has 3 N–H and O–H groups in total. The fraction of sp³-hybridized carbons (Fsp3) is 0.185. The van der Waals surface area contributed by atoms with E-state index >= 15 is 0 Å². The third-order valence-electron chi connectivity index (χ3n) is 4.85. The van der Waals surface area contributed by atoms with Gasteiger partial charge in [0.25, 0.3) is 0 Å². The van der Waals surface area contributed by atoms with Crippen LogP contribution in [0.3, 0.4) is 0 Å². The maximum atomic E-state index is 13.0. The van der Waals surface area contributed by atoms with Gasteiger partial charge in [0.15, 0.2) is 12.0 Å². The highest BCUT2D eigenvalue weighted by Crippen LogP contribution is 2.41. The molecule has 2 aromatic carbocycles. The molecule has 0 bridgehead atoms. The summed E-state index contributed by atoms with van der Waals surface area (Å²) in [6.45, 7) is 8.52. The van der Waals surface area contributed by atoms with Crippen LogP contribution in [-0.4, -0.2) is 35.0 Å². The number of ether oxygens (including phenoxy) is 2. The lowest BCUT2D eigenvalue weighted by Crippen LogP contribution is -2.13. The van der Waals surface area contributed by atoms with Crippen LogP contribution in [0.5, 0.6) is 17.2 Å². The Labute approximate surface area is 202 Å². The number of aliphatic hydroxyl groups is 1. The molecule has 0 saturated heterocycles. The van der Waals surface area contributed by atoms with Gasteiger partial charge in [0.05, 0.1) is 13.4 Å². The number of rotatable bonds is 9. The van der Waals surface area contributed by atoms with Crippen LogP contribution in [0.4, 0.5) is 0 Å². The van der Waals surface area contributed by atoms with Crippen molar-refractivity contribution >= 4 is 16.9 Å². The van der Waals surface area contributed by atoms with E-state index in [2.05, 4.69) is 13.2 Å². The molecule has 0 aliphatic carbocycles. The SMILES string of the molecule is C=CCc1c(OCC(=O)O)c(CC=C)c2oc(-c3ccc(OC)cc3)cc(=O)c2c1O.CC=CO. The number of carboxylic acids is 1. The molecule has 0 fully saturated rings. The van der Waals surface area contributed by atoms with Gasteiger partial charge in [-0.15, -0.1) is 13.2 Å². The average Bonchev–Trinajstić information content (AvgIpc) is 2.86. The number of carboxylic acid groups (broad SMARTS) is 1. The molecule has 35 heavy (non-hydrogen) atoms. The number of hydrogen-bond acceptors (Lipinski definition) is 7. The predicted molar refractivity (Wildman–Crippen MR) is 135 cm³/mol. The molecule has 0 aliphatic heterocycles. The van der Waals surface area contributed by atoms with Gasteiger partial charge in [-0.05, 0) is 44.0 Å². The maximum Gasteiger partial charge on any atom is 0.341 e. The molecular formula is C27H28O8. The number of fused-ring (bicyclic) bond motifs is 1. The van der Waals surface area contributed by atoms with Crippen molar-refractivity contribution in [2.75, 3.05) is 13.7 Å². The van der Waals surface area contributed by atoms with Gasteiger partial charge in [-0.3, -0.25) is 4.79 Å². The molecule has 8 nitrogen and oxygen atoms in total. The standard InChI is InChI=1S/C24H22O7.C3H6O/c1-4-6-16-22(28)21-18(25)12-19(14-8-10-15(29-3)11-9-14)31-24(21)17(7-5-2)23(16)30-13-20(26)27;1-2-3-4/h4-5,8-12,28H,1-2,6-7,13H2,3H3,(H,26,27);2-4H,1H3. The van der Waals surface area contributed by atoms with Crippen LogP contribution in [0.1, 0.15) is 18.1 Å². The molecule has 184 valence electrons. The molecule has 0 spiro atoms. The Hall–Kier alpha value is -4.46. The highest BCUT2D eigenvalue weighted by Gasteiger charge is 2.24. The zero-order chi connectivity index (χ0) is 26.0. The van der Waals surface area contributed by atoms with Crippen molar-refractivity contribution < 1.29 is 34.0 Å². The lowest BCUT2D eigenvalue weighted by atomic mass is 9.97. The number of methoxy groups -OCH3 is 1. The number of aliphatic hydroxyl groups excluding tert-OH is 1. The van der Waals surface area contributed by atoms with Crippen LogP contribution < -0.4 is 14.9 Å². The van der Waals surface area contributed by atoms with Crippen LogP contribution in [0.2, 0.25) is 0 Å². The Balaban J connectivity index is 0.00000100. The van der Waals surface area contributed by atoms with E-state index in [9.17, 15) is 14.7 Å². The summed E-state index contributed by atoms with van der Waals surface area (Å²) in [5, 5.41) is 27.6. The van der Waals surface area contributed by atoms with Gasteiger partial charge < -0.3 is 29.2 Å². The molecule has 8 heteroatoms. The zero-order valence-corrected chi connectivity index (χ0v) is 19.6. The summed E-state index contributed by atoms with van der Waals surface area (Å²) in [5.41, 5.74) is 0.999. The van der Waals surface area contributed by atoms with Gasteiger partial charge in [0.1, 0.15) is 34.0 Å². The number of benzene rings is 2. The van der Waals surface area contributed by atoms with E-state index in [1.165, 1.54) is 12.1 Å². The van der Waals surface area contributed by atoms with Gasteiger partial charge >= 0.3 is 5.97 Å². The molecule has 1 heterocycles. The lowest BCUT2D eigenvalue weighted by Gasteiger charge is -2.18. The summed E-state index contributed by atoms with van der Waals surface area (Å²) in [6, 6.07) is 8.25. The van der Waals surface area contributed by atoms with Crippen LogP contribution >= 0.6 is 0 Å². The van der Waals surface area contributed by atoms with E-state index in [0.717, 1.165) is 6.26 Å². The molecule has 0 saturated carbocycles. The molecule has 3 rings (SSSR count). The van der Waals surface area contributed by atoms with Crippen LogP contribution in [0, 0.1) is 0 Å². The van der Waals surface area contributed by atoms with Crippen molar-refractivity contribution in [1.29, 1.82) is 0 Å². The van der Waals surface area contributed by atoms with E-state index in [4.69, 9.17) is 24.1 Å². The lowest BCUT2D eigenvalue weighted by molar-refractivity contribution is -0.139. The van der Waals surface area contributed by atoms with Crippen molar-refractivity contribution in [3.8, 4) is 28.6 Å². The minimum absolute atomic E-state index is 0.00589. The van der Waals surface area contributed by atoms with E-state index in [-0.39, 0.29) is 46.6 Å². The monoisotopic (exact) mass is 480 g/mol. The molecule has 0 unspecified atom stereocenters. The highest BCUT2D eigenvalue weighted by atomic mass is 16.5. The zero-order valence-electron chi connectivity index (χ0n) is 19.6. The van der Waals surface area contributed by atoms with Crippen LogP contribution in [-0.2, 0) is 17.6 Å². The third kappa shape index (κ3) is 6.32. The second-order valence-corrected chi connectivity index (χ2v) is 7.19. The Morgan fingerprint density at radius 3 is 2.23 bits per heavy atom. The molecule has 1 aromatic heterocycles. The largest absolute Gasteiger partial charge is 0.516 e. The van der Waals surface area contributed by atoms with Crippen molar-refractivity contribution in [3.05, 3.63) is 89.3 Å². The summed E-state index contributed by atoms with van der Waals surface area (Å²) < 4.78 is 16.7. The van der Waals surface area contributed by atoms with E-state index < -0.39 is 18.0 Å². The molecule has 0 aliphatic rings. The van der Waals surface area contributed by atoms with Gasteiger partial charge in [-0.25, -0.2) is 4.79 Å². The first-order chi connectivity index (χ1) is 16.8. The fourth-order valence-electron chi connectivity index (χ4n) is 3.34. The van der Waals surface area contributed by atoms with Crippen molar-refractivity contribution in [2.45, 2.75) is 19.8 Å². The minimum atomic E-state index is -1.18. The number of phenolic OH excluding ortho intramolecular Hbond substituents is 1. The smallest absolute Gasteiger partial charge is 0.341 e. The van der Waals surface area contributed by atoms with Crippen molar-refractivity contribution in [3.63, 3.8) is 0 Å². The molecule has 0 amide bonds. The van der Waals surface area contributed by atoms with Crippen LogP contribution in [0.25, 0.3) is 22.3 Å². The summed E-state index contributed by atoms with van der Waals surface area (Å²) in [5.74, 6) is -0.427.